The lowest BCUT2D eigenvalue weighted by molar-refractivity contribution is -0.996. The molecule has 0 aliphatic carbocycles. The monoisotopic (exact) mass is 307 g/mol. The third-order valence-corrected chi connectivity index (χ3v) is 2.61. The number of rotatable bonds is 6. The highest BCUT2D eigenvalue weighted by atomic mass is 35.5. The summed E-state index contributed by atoms with van der Waals surface area (Å²) in [5, 5.41) is 39.6. The summed E-state index contributed by atoms with van der Waals surface area (Å²) < 4.78 is 4.68. The quantitative estimate of drug-likeness (QED) is 0.340. The van der Waals surface area contributed by atoms with E-state index in [1.807, 2.05) is 0 Å². The molecule has 0 aliphatic heterocycles. The molecule has 0 saturated carbocycles. The molecule has 0 aromatic heterocycles. The van der Waals surface area contributed by atoms with E-state index in [-0.39, 0.29) is 35.2 Å². The first-order valence-corrected chi connectivity index (χ1v) is 5.94. The molecular weight excluding hydrogens is 294 g/mol. The van der Waals surface area contributed by atoms with E-state index in [2.05, 4.69) is 10.1 Å². The van der Waals surface area contributed by atoms with Gasteiger partial charge >= 0.3 is 5.97 Å². The van der Waals surface area contributed by atoms with Crippen LogP contribution in [0.15, 0.2) is 12.1 Å². The van der Waals surface area contributed by atoms with Gasteiger partial charge in [0.1, 0.15) is 17.3 Å². The van der Waals surface area contributed by atoms with Gasteiger partial charge in [0.05, 0.1) is 12.7 Å². The Bertz CT molecular complexity index is 482. The summed E-state index contributed by atoms with van der Waals surface area (Å²) in [6.45, 7) is 1.58. The number of quaternary nitrogens is 2. The van der Waals surface area contributed by atoms with Crippen LogP contribution < -0.4 is 15.8 Å². The van der Waals surface area contributed by atoms with E-state index >= 15 is 0 Å². The molecule has 1 aromatic rings. The molecule has 0 bridgehead atoms. The number of hydrogen-bond acceptors (Lipinski definition) is 7. The number of anilines is 1. The van der Waals surface area contributed by atoms with Crippen LogP contribution in [0, 0.1) is 10.4 Å². The lowest BCUT2D eigenvalue weighted by atomic mass is 10.2. The van der Waals surface area contributed by atoms with Crippen LogP contribution in [0.25, 0.3) is 0 Å². The second-order valence-electron chi connectivity index (χ2n) is 3.65. The number of carbonyl (C=O) groups excluding carboxylic acids is 1. The molecule has 20 heavy (non-hydrogen) atoms. The predicted octanol–water partition coefficient (Wildman–Crippen LogP) is -0.878. The van der Waals surface area contributed by atoms with Crippen LogP contribution in [-0.4, -0.2) is 29.5 Å². The average molecular weight is 308 g/mol. The molecule has 10 heteroatoms. The summed E-state index contributed by atoms with van der Waals surface area (Å²) in [5.41, 5.74) is -0.581. The van der Waals surface area contributed by atoms with Crippen LogP contribution in [0.1, 0.15) is 6.92 Å². The van der Waals surface area contributed by atoms with Crippen molar-refractivity contribution in [1.82, 2.24) is 0 Å². The summed E-state index contributed by atoms with van der Waals surface area (Å²) in [7, 11) is 0. The van der Waals surface area contributed by atoms with Gasteiger partial charge in [-0.1, -0.05) is 11.6 Å². The Labute approximate surface area is 119 Å². The predicted molar refractivity (Wildman–Crippen MR) is 68.1 cm³/mol. The SMILES string of the molecule is CCOC(=O)CNc1cc(Cl)c([NH+]([O-])O)cc1[NH+]([O-])O. The number of hydrogen-bond donors (Lipinski definition) is 5. The number of esters is 1. The highest BCUT2D eigenvalue weighted by Gasteiger charge is 2.18. The molecule has 0 amide bonds. The van der Waals surface area contributed by atoms with Gasteiger partial charge in [0.2, 0.25) is 0 Å². The molecule has 2 atom stereocenters. The Morgan fingerprint density at radius 3 is 2.45 bits per heavy atom. The zero-order valence-corrected chi connectivity index (χ0v) is 11.2. The molecule has 0 fully saturated rings. The van der Waals surface area contributed by atoms with E-state index in [1.54, 1.807) is 6.92 Å². The minimum atomic E-state index is -1.34. The Hall–Kier alpha value is -1.46. The molecule has 0 aliphatic rings. The molecule has 5 N–H and O–H groups in total. The van der Waals surface area contributed by atoms with Crippen LogP contribution in [0.5, 0.6) is 0 Å². The van der Waals surface area contributed by atoms with Crippen molar-refractivity contribution < 1.29 is 30.4 Å². The van der Waals surface area contributed by atoms with Crippen molar-refractivity contribution in [1.29, 1.82) is 0 Å². The van der Waals surface area contributed by atoms with Crippen molar-refractivity contribution in [2.75, 3.05) is 18.5 Å². The minimum absolute atomic E-state index is 0.0422. The first kappa shape index (κ1) is 16.6. The fraction of sp³-hybridized carbons (Fsp3) is 0.300. The molecule has 0 heterocycles. The molecule has 0 radical (unpaired) electrons. The lowest BCUT2D eigenvalue weighted by Crippen LogP contribution is -3.01. The van der Waals surface area contributed by atoms with Gasteiger partial charge in [-0.25, -0.2) is 10.4 Å². The van der Waals surface area contributed by atoms with Crippen LogP contribution in [0.3, 0.4) is 0 Å². The molecule has 9 nitrogen and oxygen atoms in total. The third-order valence-electron chi connectivity index (χ3n) is 2.30. The minimum Gasteiger partial charge on any atom is -0.595 e. The summed E-state index contributed by atoms with van der Waals surface area (Å²) in [5.74, 6) is -0.567. The lowest BCUT2D eigenvalue weighted by Gasteiger charge is -2.20. The number of benzene rings is 1. The van der Waals surface area contributed by atoms with E-state index in [4.69, 9.17) is 22.0 Å². The van der Waals surface area contributed by atoms with Gasteiger partial charge in [0, 0.05) is 0 Å². The van der Waals surface area contributed by atoms with Crippen molar-refractivity contribution >= 4 is 34.6 Å². The van der Waals surface area contributed by atoms with Gasteiger partial charge in [0.25, 0.3) is 0 Å². The third kappa shape index (κ3) is 4.28. The van der Waals surface area contributed by atoms with Crippen molar-refractivity contribution in [2.45, 2.75) is 6.92 Å². The van der Waals surface area contributed by atoms with Gasteiger partial charge in [-0.15, -0.1) is 0 Å². The maximum absolute atomic E-state index is 11.2. The van der Waals surface area contributed by atoms with Crippen molar-refractivity contribution in [3.05, 3.63) is 27.6 Å². The fourth-order valence-electron chi connectivity index (χ4n) is 1.44. The van der Waals surface area contributed by atoms with Gasteiger partial charge in [-0.2, -0.15) is 10.5 Å². The number of nitrogens with one attached hydrogen (secondary N) is 3. The summed E-state index contributed by atoms with van der Waals surface area (Å²) in [6, 6.07) is 2.08. The number of carbonyl (C=O) groups is 1. The Kier molecular flexibility index (Phi) is 6.10. The zero-order chi connectivity index (χ0) is 15.3. The second-order valence-corrected chi connectivity index (χ2v) is 4.05. The highest BCUT2D eigenvalue weighted by molar-refractivity contribution is 6.33. The van der Waals surface area contributed by atoms with Gasteiger partial charge in [-0.3, -0.25) is 4.79 Å². The van der Waals surface area contributed by atoms with E-state index in [0.29, 0.717) is 0 Å². The topological polar surface area (TPSA) is 134 Å². The smallest absolute Gasteiger partial charge is 0.325 e. The number of halogens is 1. The Morgan fingerprint density at radius 2 is 1.95 bits per heavy atom. The van der Waals surface area contributed by atoms with Crippen molar-refractivity contribution in [3.63, 3.8) is 0 Å². The van der Waals surface area contributed by atoms with Crippen LogP contribution in [0.4, 0.5) is 17.1 Å². The first-order valence-electron chi connectivity index (χ1n) is 5.56. The molecule has 1 aromatic carbocycles. The first-order chi connectivity index (χ1) is 9.36. The highest BCUT2D eigenvalue weighted by Crippen LogP contribution is 2.28. The molecule has 0 saturated heterocycles. The van der Waals surface area contributed by atoms with E-state index in [9.17, 15) is 15.2 Å². The fourth-order valence-corrected chi connectivity index (χ4v) is 1.68. The Morgan fingerprint density at radius 1 is 1.35 bits per heavy atom. The molecular formula is C10H14ClN3O6. The van der Waals surface area contributed by atoms with Crippen LogP contribution in [-0.2, 0) is 9.53 Å². The Balaban J connectivity index is 3.00. The summed E-state index contributed by atoms with van der Waals surface area (Å²) in [4.78, 5) is 11.2. The van der Waals surface area contributed by atoms with Crippen LogP contribution in [0.2, 0.25) is 5.02 Å². The van der Waals surface area contributed by atoms with E-state index in [0.717, 1.165) is 12.1 Å². The van der Waals surface area contributed by atoms with Gasteiger partial charge in [0.15, 0.2) is 11.4 Å². The number of ether oxygens (including phenoxy) is 1. The maximum atomic E-state index is 11.2. The van der Waals surface area contributed by atoms with Crippen LogP contribution >= 0.6 is 11.6 Å². The normalized spacial score (nSPS) is 13.7. The van der Waals surface area contributed by atoms with E-state index in [1.165, 1.54) is 0 Å². The standard InChI is InChI=1S/C10H14ClN3O6/c1-2-20-10(15)5-12-7-3-6(11)8(13(16)17)4-9(7)14(18)19/h3-4,12-14,16,18H,2,5H2,1H3. The van der Waals surface area contributed by atoms with Gasteiger partial charge in [-0.05, 0) is 13.0 Å². The molecule has 0 spiro atoms. The van der Waals surface area contributed by atoms with Crippen molar-refractivity contribution in [2.24, 2.45) is 0 Å². The van der Waals surface area contributed by atoms with Crippen molar-refractivity contribution in [3.8, 4) is 0 Å². The maximum Gasteiger partial charge on any atom is 0.325 e. The summed E-state index contributed by atoms with van der Waals surface area (Å²) in [6.07, 6.45) is 0. The second kappa shape index (κ2) is 7.36. The zero-order valence-electron chi connectivity index (χ0n) is 10.5. The largest absolute Gasteiger partial charge is 0.595 e. The summed E-state index contributed by atoms with van der Waals surface area (Å²) >= 11 is 5.75. The molecule has 112 valence electrons. The van der Waals surface area contributed by atoms with Gasteiger partial charge < -0.3 is 20.5 Å². The molecule has 2 unspecified atom stereocenters. The molecule has 1 rings (SSSR count). The average Bonchev–Trinajstić information content (AvgIpc) is 2.35. The van der Waals surface area contributed by atoms with E-state index < -0.39 is 16.4 Å².